The number of amides is 1. The first kappa shape index (κ1) is 20.7. The van der Waals surface area contributed by atoms with E-state index in [1.54, 1.807) is 17.7 Å². The molecule has 1 amide bonds. The lowest BCUT2D eigenvalue weighted by Crippen LogP contribution is -2.42. The van der Waals surface area contributed by atoms with Crippen molar-refractivity contribution in [1.29, 1.82) is 0 Å². The molecule has 1 saturated heterocycles. The number of carbonyl (C=O) groups is 1. The van der Waals surface area contributed by atoms with Gasteiger partial charge in [0.25, 0.3) is 5.56 Å². The molecule has 4 rings (SSSR count). The third-order valence-electron chi connectivity index (χ3n) is 5.87. The Hall–Kier alpha value is -2.60. The number of para-hydroxylation sites is 1. The monoisotopic (exact) mass is 421 g/mol. The van der Waals surface area contributed by atoms with Crippen LogP contribution in [-0.4, -0.2) is 38.7 Å². The van der Waals surface area contributed by atoms with E-state index in [0.717, 1.165) is 32.4 Å². The summed E-state index contributed by atoms with van der Waals surface area (Å²) in [4.78, 5) is 32.2. The topological polar surface area (TPSA) is 55.2 Å². The van der Waals surface area contributed by atoms with Gasteiger partial charge in [-0.2, -0.15) is 0 Å². The molecule has 1 unspecified atom stereocenters. The van der Waals surface area contributed by atoms with E-state index in [2.05, 4.69) is 29.2 Å². The molecular weight excluding hydrogens is 394 g/mol. The molecule has 156 valence electrons. The van der Waals surface area contributed by atoms with E-state index in [-0.39, 0.29) is 16.7 Å². The zero-order valence-corrected chi connectivity index (χ0v) is 18.3. The predicted octanol–water partition coefficient (Wildman–Crippen LogP) is 3.90. The molecule has 6 heteroatoms. The number of piperidine rings is 1. The normalized spacial score (nSPS) is 16.0. The van der Waals surface area contributed by atoms with Crippen LogP contribution < -0.4 is 5.56 Å². The number of fused-ring (bicyclic) bond motifs is 1. The van der Waals surface area contributed by atoms with E-state index in [1.165, 1.54) is 17.3 Å². The molecule has 1 fully saturated rings. The first-order valence-electron chi connectivity index (χ1n) is 10.5. The standard InChI is InChI=1S/C24H27N3O2S/c1-17(30-24-25-21-11-7-6-10-20(21)23(29)26(24)2)22(28)27-14-12-19(13-15-27)16-18-8-4-3-5-9-18/h3-11,17,19H,12-16H2,1-2H3. The van der Waals surface area contributed by atoms with Crippen LogP contribution >= 0.6 is 11.8 Å². The molecule has 0 saturated carbocycles. The Balaban J connectivity index is 1.38. The third kappa shape index (κ3) is 4.43. The molecule has 30 heavy (non-hydrogen) atoms. The number of hydrogen-bond donors (Lipinski definition) is 0. The molecule has 0 bridgehead atoms. The molecule has 2 aromatic carbocycles. The molecule has 5 nitrogen and oxygen atoms in total. The van der Waals surface area contributed by atoms with Gasteiger partial charge in [0.15, 0.2) is 5.16 Å². The Morgan fingerprint density at radius 2 is 1.77 bits per heavy atom. The van der Waals surface area contributed by atoms with E-state index in [4.69, 9.17) is 0 Å². The first-order valence-corrected chi connectivity index (χ1v) is 11.4. The maximum absolute atomic E-state index is 13.0. The Labute approximate surface area is 181 Å². The van der Waals surface area contributed by atoms with Crippen molar-refractivity contribution in [1.82, 2.24) is 14.5 Å². The van der Waals surface area contributed by atoms with Crippen molar-refractivity contribution in [2.45, 2.75) is 36.6 Å². The average molecular weight is 422 g/mol. The molecule has 1 aromatic heterocycles. The summed E-state index contributed by atoms with van der Waals surface area (Å²) < 4.78 is 1.54. The van der Waals surface area contributed by atoms with Crippen LogP contribution in [0.2, 0.25) is 0 Å². The largest absolute Gasteiger partial charge is 0.342 e. The van der Waals surface area contributed by atoms with Crippen LogP contribution in [0.15, 0.2) is 64.5 Å². The van der Waals surface area contributed by atoms with Gasteiger partial charge in [-0.15, -0.1) is 0 Å². The number of thioether (sulfide) groups is 1. The summed E-state index contributed by atoms with van der Waals surface area (Å²) in [6.07, 6.45) is 3.14. The van der Waals surface area contributed by atoms with Gasteiger partial charge in [-0.1, -0.05) is 54.2 Å². The second-order valence-corrected chi connectivity index (χ2v) is 9.30. The van der Waals surface area contributed by atoms with Crippen LogP contribution in [0.25, 0.3) is 10.9 Å². The molecule has 3 aromatic rings. The van der Waals surface area contributed by atoms with Gasteiger partial charge >= 0.3 is 0 Å². The minimum Gasteiger partial charge on any atom is -0.342 e. The zero-order chi connectivity index (χ0) is 21.1. The molecule has 1 aliphatic rings. The average Bonchev–Trinajstić information content (AvgIpc) is 2.78. The Morgan fingerprint density at radius 3 is 2.50 bits per heavy atom. The van der Waals surface area contributed by atoms with Gasteiger partial charge in [-0.3, -0.25) is 14.2 Å². The van der Waals surface area contributed by atoms with Crippen molar-refractivity contribution in [3.63, 3.8) is 0 Å². The smallest absolute Gasteiger partial charge is 0.261 e. The zero-order valence-electron chi connectivity index (χ0n) is 17.5. The minimum atomic E-state index is -0.282. The Bertz CT molecular complexity index is 1090. The van der Waals surface area contributed by atoms with Gasteiger partial charge in [0.1, 0.15) is 0 Å². The van der Waals surface area contributed by atoms with Crippen LogP contribution in [0, 0.1) is 5.92 Å². The first-order chi connectivity index (χ1) is 14.5. The number of benzene rings is 2. The molecule has 2 heterocycles. The van der Waals surface area contributed by atoms with E-state index in [0.29, 0.717) is 22.0 Å². The number of carbonyl (C=O) groups excluding carboxylic acids is 1. The van der Waals surface area contributed by atoms with Gasteiger partial charge in [0.05, 0.1) is 16.2 Å². The summed E-state index contributed by atoms with van der Waals surface area (Å²) in [5.74, 6) is 0.753. The van der Waals surface area contributed by atoms with Gasteiger partial charge in [-0.25, -0.2) is 4.98 Å². The SMILES string of the molecule is CC(Sc1nc2ccccc2c(=O)n1C)C(=O)N1CCC(Cc2ccccc2)CC1. The lowest BCUT2D eigenvalue weighted by molar-refractivity contribution is -0.131. The van der Waals surface area contributed by atoms with Crippen molar-refractivity contribution in [2.24, 2.45) is 13.0 Å². The molecule has 0 spiro atoms. The second-order valence-electron chi connectivity index (χ2n) is 7.99. The summed E-state index contributed by atoms with van der Waals surface area (Å²) in [5, 5.41) is 0.900. The highest BCUT2D eigenvalue weighted by Crippen LogP contribution is 2.26. The third-order valence-corrected chi connectivity index (χ3v) is 7.00. The fraction of sp³-hybridized carbons (Fsp3) is 0.375. The number of rotatable bonds is 5. The summed E-state index contributed by atoms with van der Waals surface area (Å²) in [7, 11) is 1.72. The molecule has 0 radical (unpaired) electrons. The van der Waals surface area contributed by atoms with E-state index in [9.17, 15) is 9.59 Å². The van der Waals surface area contributed by atoms with Gasteiger partial charge in [0, 0.05) is 20.1 Å². The van der Waals surface area contributed by atoms with Crippen LogP contribution in [0.5, 0.6) is 0 Å². The molecular formula is C24H27N3O2S. The summed E-state index contributed by atoms with van der Waals surface area (Å²) in [6, 6.07) is 17.9. The number of hydrogen-bond acceptors (Lipinski definition) is 4. The van der Waals surface area contributed by atoms with Gasteiger partial charge in [0.2, 0.25) is 5.91 Å². The molecule has 0 aliphatic carbocycles. The number of nitrogens with zero attached hydrogens (tertiary/aromatic N) is 3. The Kier molecular flexibility index (Phi) is 6.23. The van der Waals surface area contributed by atoms with Crippen molar-refractivity contribution >= 4 is 28.6 Å². The second kappa shape index (κ2) is 9.04. The molecule has 1 atom stereocenters. The number of aromatic nitrogens is 2. The lowest BCUT2D eigenvalue weighted by Gasteiger charge is -2.33. The number of likely N-dealkylation sites (tertiary alicyclic amines) is 1. The van der Waals surface area contributed by atoms with Crippen molar-refractivity contribution in [2.75, 3.05) is 13.1 Å². The lowest BCUT2D eigenvalue weighted by atomic mass is 9.90. The maximum Gasteiger partial charge on any atom is 0.261 e. The highest BCUT2D eigenvalue weighted by Gasteiger charge is 2.27. The van der Waals surface area contributed by atoms with Gasteiger partial charge < -0.3 is 4.90 Å². The summed E-state index contributed by atoms with van der Waals surface area (Å²) >= 11 is 1.37. The maximum atomic E-state index is 13.0. The van der Waals surface area contributed by atoms with Crippen molar-refractivity contribution < 1.29 is 4.79 Å². The fourth-order valence-corrected chi connectivity index (χ4v) is 5.03. The summed E-state index contributed by atoms with van der Waals surface area (Å²) in [5.41, 5.74) is 1.96. The highest BCUT2D eigenvalue weighted by atomic mass is 32.2. The van der Waals surface area contributed by atoms with Gasteiger partial charge in [-0.05, 0) is 49.8 Å². The van der Waals surface area contributed by atoms with Crippen LogP contribution in [0.1, 0.15) is 25.3 Å². The van der Waals surface area contributed by atoms with Crippen molar-refractivity contribution in [3.05, 3.63) is 70.5 Å². The molecule has 1 aliphatic heterocycles. The quantitative estimate of drug-likeness (QED) is 0.463. The van der Waals surface area contributed by atoms with Crippen LogP contribution in [-0.2, 0) is 18.3 Å². The fourth-order valence-electron chi connectivity index (χ4n) is 4.07. The predicted molar refractivity (Wildman–Crippen MR) is 122 cm³/mol. The van der Waals surface area contributed by atoms with Crippen LogP contribution in [0.4, 0.5) is 0 Å². The van der Waals surface area contributed by atoms with Crippen molar-refractivity contribution in [3.8, 4) is 0 Å². The van der Waals surface area contributed by atoms with E-state index >= 15 is 0 Å². The Morgan fingerprint density at radius 1 is 1.10 bits per heavy atom. The summed E-state index contributed by atoms with van der Waals surface area (Å²) in [6.45, 7) is 3.50. The molecule has 0 N–H and O–H groups in total. The van der Waals surface area contributed by atoms with E-state index < -0.39 is 0 Å². The highest BCUT2D eigenvalue weighted by molar-refractivity contribution is 8.00. The minimum absolute atomic E-state index is 0.0792. The van der Waals surface area contributed by atoms with E-state index in [1.807, 2.05) is 36.1 Å². The van der Waals surface area contributed by atoms with Crippen LogP contribution in [0.3, 0.4) is 0 Å².